The van der Waals surface area contributed by atoms with Gasteiger partial charge in [0.05, 0.1) is 23.4 Å². The average molecular weight is 429 g/mol. The lowest BCUT2D eigenvalue weighted by Crippen LogP contribution is -2.22. The first-order valence-electron chi connectivity index (χ1n) is 9.29. The van der Waals surface area contributed by atoms with Crippen molar-refractivity contribution in [1.29, 1.82) is 0 Å². The Morgan fingerprint density at radius 3 is 2.50 bits per heavy atom. The molecule has 3 rings (SSSR count). The number of carbonyl (C=O) groups is 1. The number of aromatic nitrogens is 2. The van der Waals surface area contributed by atoms with Crippen LogP contribution >= 0.6 is 0 Å². The van der Waals surface area contributed by atoms with E-state index in [1.165, 1.54) is 24.8 Å². The summed E-state index contributed by atoms with van der Waals surface area (Å²) in [5, 5.41) is 4.31. The third-order valence-electron chi connectivity index (χ3n) is 4.24. The quantitative estimate of drug-likeness (QED) is 0.512. The lowest BCUT2D eigenvalue weighted by atomic mass is 10.2. The molecular formula is C21H23N3O5S. The molecule has 30 heavy (non-hydrogen) atoms. The summed E-state index contributed by atoms with van der Waals surface area (Å²) in [6.45, 7) is 1.98. The molecule has 2 aromatic carbocycles. The van der Waals surface area contributed by atoms with Crippen molar-refractivity contribution in [3.05, 3.63) is 72.1 Å². The summed E-state index contributed by atoms with van der Waals surface area (Å²) in [6, 6.07) is 15.8. The Bertz CT molecular complexity index is 1120. The number of rotatable bonds is 8. The van der Waals surface area contributed by atoms with Gasteiger partial charge in [0.25, 0.3) is 0 Å². The van der Waals surface area contributed by atoms with Gasteiger partial charge in [-0.1, -0.05) is 30.3 Å². The van der Waals surface area contributed by atoms with Crippen molar-refractivity contribution in [2.45, 2.75) is 18.4 Å². The predicted molar refractivity (Wildman–Crippen MR) is 111 cm³/mol. The van der Waals surface area contributed by atoms with Gasteiger partial charge in [-0.2, -0.15) is 5.10 Å². The first-order valence-corrected chi connectivity index (χ1v) is 10.7. The van der Waals surface area contributed by atoms with Gasteiger partial charge in [0, 0.05) is 14.1 Å². The van der Waals surface area contributed by atoms with Crippen LogP contribution in [0.15, 0.2) is 65.7 Å². The van der Waals surface area contributed by atoms with Crippen molar-refractivity contribution >= 4 is 16.0 Å². The van der Waals surface area contributed by atoms with E-state index in [0.717, 1.165) is 9.99 Å². The van der Waals surface area contributed by atoms with Crippen molar-refractivity contribution in [1.82, 2.24) is 14.1 Å². The predicted octanol–water partition coefficient (Wildman–Crippen LogP) is 2.88. The molecule has 0 spiro atoms. The summed E-state index contributed by atoms with van der Waals surface area (Å²) >= 11 is 0. The Morgan fingerprint density at radius 1 is 1.10 bits per heavy atom. The third kappa shape index (κ3) is 4.69. The molecule has 0 radical (unpaired) electrons. The van der Waals surface area contributed by atoms with Gasteiger partial charge in [0.2, 0.25) is 15.7 Å². The highest BCUT2D eigenvalue weighted by atomic mass is 32.2. The molecule has 0 bridgehead atoms. The molecule has 0 aliphatic heterocycles. The molecular weight excluding hydrogens is 406 g/mol. The highest BCUT2D eigenvalue weighted by Gasteiger charge is 2.21. The first kappa shape index (κ1) is 21.5. The maximum atomic E-state index is 12.3. The number of para-hydroxylation sites is 1. The SMILES string of the molecule is CCOC(=O)c1nn(-c2ccccc2)cc1OCc1cccc(S(=O)(=O)N(C)C)c1. The summed E-state index contributed by atoms with van der Waals surface area (Å²) in [7, 11) is -0.607. The largest absolute Gasteiger partial charge is 0.485 e. The van der Waals surface area contributed by atoms with E-state index in [0.29, 0.717) is 5.56 Å². The van der Waals surface area contributed by atoms with Crippen LogP contribution in [0.25, 0.3) is 5.69 Å². The normalized spacial score (nSPS) is 11.5. The standard InChI is InChI=1S/C21H23N3O5S/c1-4-28-21(25)20-19(14-24(22-20)17-10-6-5-7-11-17)29-15-16-9-8-12-18(13-16)30(26,27)23(2)3/h5-14H,4,15H2,1-3H3. The van der Waals surface area contributed by atoms with Gasteiger partial charge in [-0.25, -0.2) is 22.2 Å². The lowest BCUT2D eigenvalue weighted by Gasteiger charge is -2.12. The van der Waals surface area contributed by atoms with Crippen LogP contribution in [0.2, 0.25) is 0 Å². The second kappa shape index (κ2) is 9.10. The van der Waals surface area contributed by atoms with Gasteiger partial charge < -0.3 is 9.47 Å². The number of carbonyl (C=O) groups excluding carboxylic acids is 1. The molecule has 0 unspecified atom stereocenters. The average Bonchev–Trinajstić information content (AvgIpc) is 3.17. The second-order valence-corrected chi connectivity index (χ2v) is 8.72. The van der Waals surface area contributed by atoms with E-state index in [1.54, 1.807) is 31.3 Å². The lowest BCUT2D eigenvalue weighted by molar-refractivity contribution is 0.0514. The van der Waals surface area contributed by atoms with E-state index in [1.807, 2.05) is 30.3 Å². The molecule has 1 aromatic heterocycles. The van der Waals surface area contributed by atoms with Crippen molar-refractivity contribution in [2.75, 3.05) is 20.7 Å². The number of hydrogen-bond donors (Lipinski definition) is 0. The smallest absolute Gasteiger partial charge is 0.362 e. The fourth-order valence-corrected chi connectivity index (χ4v) is 3.66. The van der Waals surface area contributed by atoms with Crippen molar-refractivity contribution < 1.29 is 22.7 Å². The van der Waals surface area contributed by atoms with Crippen molar-refractivity contribution in [2.24, 2.45) is 0 Å². The third-order valence-corrected chi connectivity index (χ3v) is 6.05. The van der Waals surface area contributed by atoms with Crippen LogP contribution < -0.4 is 4.74 Å². The van der Waals surface area contributed by atoms with Crippen LogP contribution in [0.5, 0.6) is 5.75 Å². The van der Waals surface area contributed by atoms with Gasteiger partial charge in [-0.15, -0.1) is 0 Å². The summed E-state index contributed by atoms with van der Waals surface area (Å²) in [4.78, 5) is 12.5. The minimum absolute atomic E-state index is 0.0535. The molecule has 0 aliphatic rings. The van der Waals surface area contributed by atoms with Crippen LogP contribution in [-0.4, -0.2) is 49.2 Å². The molecule has 9 heteroatoms. The highest BCUT2D eigenvalue weighted by Crippen LogP contribution is 2.23. The molecule has 158 valence electrons. The summed E-state index contributed by atoms with van der Waals surface area (Å²) < 4.78 is 38.3. The van der Waals surface area contributed by atoms with Crippen LogP contribution in [0.4, 0.5) is 0 Å². The maximum Gasteiger partial charge on any atom is 0.362 e. The number of hydrogen-bond acceptors (Lipinski definition) is 6. The molecule has 8 nitrogen and oxygen atoms in total. The second-order valence-electron chi connectivity index (χ2n) is 6.57. The molecule has 0 saturated carbocycles. The first-order chi connectivity index (χ1) is 14.3. The highest BCUT2D eigenvalue weighted by molar-refractivity contribution is 7.89. The fourth-order valence-electron chi connectivity index (χ4n) is 2.69. The number of benzene rings is 2. The van der Waals surface area contributed by atoms with Gasteiger partial charge in [-0.3, -0.25) is 0 Å². The number of sulfonamides is 1. The molecule has 0 N–H and O–H groups in total. The Hall–Kier alpha value is -3.17. The van der Waals surface area contributed by atoms with E-state index in [-0.39, 0.29) is 29.6 Å². The fraction of sp³-hybridized carbons (Fsp3) is 0.238. The van der Waals surface area contributed by atoms with E-state index in [2.05, 4.69) is 5.10 Å². The minimum Gasteiger partial charge on any atom is -0.485 e. The van der Waals surface area contributed by atoms with Crippen LogP contribution in [0.3, 0.4) is 0 Å². The Labute approximate surface area is 175 Å². The molecule has 0 fully saturated rings. The van der Waals surface area contributed by atoms with E-state index < -0.39 is 16.0 Å². The zero-order valence-electron chi connectivity index (χ0n) is 17.0. The molecule has 0 atom stereocenters. The van der Waals surface area contributed by atoms with Crippen LogP contribution in [0.1, 0.15) is 23.0 Å². The van der Waals surface area contributed by atoms with E-state index in [9.17, 15) is 13.2 Å². The van der Waals surface area contributed by atoms with Gasteiger partial charge in [-0.05, 0) is 36.8 Å². The van der Waals surface area contributed by atoms with Gasteiger partial charge in [0.15, 0.2) is 5.75 Å². The zero-order valence-corrected chi connectivity index (χ0v) is 17.8. The van der Waals surface area contributed by atoms with E-state index in [4.69, 9.17) is 9.47 Å². The Morgan fingerprint density at radius 2 is 1.83 bits per heavy atom. The summed E-state index contributed by atoms with van der Waals surface area (Å²) in [5.41, 5.74) is 1.45. The molecule has 3 aromatic rings. The zero-order chi connectivity index (χ0) is 21.7. The minimum atomic E-state index is -3.56. The molecule has 1 heterocycles. The summed E-state index contributed by atoms with van der Waals surface area (Å²) in [5.74, 6) is -0.343. The topological polar surface area (TPSA) is 90.7 Å². The Kier molecular flexibility index (Phi) is 6.53. The van der Waals surface area contributed by atoms with Crippen LogP contribution in [-0.2, 0) is 21.4 Å². The Balaban J connectivity index is 1.88. The van der Waals surface area contributed by atoms with Gasteiger partial charge >= 0.3 is 5.97 Å². The maximum absolute atomic E-state index is 12.3. The van der Waals surface area contributed by atoms with Crippen molar-refractivity contribution in [3.63, 3.8) is 0 Å². The monoisotopic (exact) mass is 429 g/mol. The number of nitrogens with zero attached hydrogens (tertiary/aromatic N) is 3. The molecule has 0 aliphatic carbocycles. The van der Waals surface area contributed by atoms with Crippen LogP contribution in [0, 0.1) is 0 Å². The van der Waals surface area contributed by atoms with E-state index >= 15 is 0 Å². The number of ether oxygens (including phenoxy) is 2. The molecule has 0 amide bonds. The summed E-state index contributed by atoms with van der Waals surface area (Å²) in [6.07, 6.45) is 1.60. The number of esters is 1. The van der Waals surface area contributed by atoms with Crippen molar-refractivity contribution in [3.8, 4) is 11.4 Å². The molecule has 0 saturated heterocycles. The van der Waals surface area contributed by atoms with Gasteiger partial charge in [0.1, 0.15) is 6.61 Å².